The number of rotatable bonds is 6. The largest absolute Gasteiger partial charge is 0.337 e. The number of anilines is 1. The van der Waals surface area contributed by atoms with Crippen LogP contribution in [-0.4, -0.2) is 68.9 Å². The second-order valence-corrected chi connectivity index (χ2v) is 10.2. The molecule has 2 fully saturated rings. The van der Waals surface area contributed by atoms with Crippen LogP contribution in [0.25, 0.3) is 11.0 Å². The molecule has 8 nitrogen and oxygen atoms in total. The van der Waals surface area contributed by atoms with E-state index in [-0.39, 0.29) is 17.9 Å². The van der Waals surface area contributed by atoms with Gasteiger partial charge in [-0.3, -0.25) is 24.8 Å². The predicted molar refractivity (Wildman–Crippen MR) is 146 cm³/mol. The van der Waals surface area contributed by atoms with Crippen LogP contribution < -0.4 is 5.32 Å². The molecule has 2 aliphatic heterocycles. The summed E-state index contributed by atoms with van der Waals surface area (Å²) in [5.74, 6) is 0.365. The lowest BCUT2D eigenvalue weighted by atomic mass is 10.1. The number of aromatic nitrogens is 3. The van der Waals surface area contributed by atoms with Gasteiger partial charge < -0.3 is 9.47 Å². The lowest BCUT2D eigenvalue weighted by Gasteiger charge is -2.26. The molecule has 1 aromatic carbocycles. The number of carbonyl (C=O) groups is 2. The molecule has 2 aliphatic rings. The number of benzene rings is 1. The second kappa shape index (κ2) is 11.3. The Morgan fingerprint density at radius 2 is 1.89 bits per heavy atom. The van der Waals surface area contributed by atoms with Crippen molar-refractivity contribution >= 4 is 28.8 Å². The van der Waals surface area contributed by atoms with Gasteiger partial charge in [-0.2, -0.15) is 0 Å². The van der Waals surface area contributed by atoms with Crippen LogP contribution >= 0.6 is 0 Å². The molecule has 2 amide bonds. The fourth-order valence-corrected chi connectivity index (χ4v) is 5.53. The van der Waals surface area contributed by atoms with Crippen molar-refractivity contribution < 1.29 is 9.59 Å². The molecule has 1 N–H and O–H groups in total. The number of likely N-dealkylation sites (tertiary alicyclic amines) is 2. The van der Waals surface area contributed by atoms with E-state index >= 15 is 0 Å². The highest BCUT2D eigenvalue weighted by molar-refractivity contribution is 6.04. The predicted octanol–water partition coefficient (Wildman–Crippen LogP) is 4.51. The Bertz CT molecular complexity index is 1310. The Morgan fingerprint density at radius 1 is 1.08 bits per heavy atom. The van der Waals surface area contributed by atoms with Gasteiger partial charge >= 0.3 is 0 Å². The Morgan fingerprint density at radius 3 is 2.70 bits per heavy atom. The number of aryl methyl sites for hydroxylation is 2. The Balaban J connectivity index is 1.41. The Kier molecular flexibility index (Phi) is 7.65. The molecule has 0 aliphatic carbocycles. The summed E-state index contributed by atoms with van der Waals surface area (Å²) >= 11 is 0. The molecule has 4 heterocycles. The van der Waals surface area contributed by atoms with Crippen molar-refractivity contribution in [3.8, 4) is 0 Å². The first-order valence-corrected chi connectivity index (χ1v) is 13.4. The van der Waals surface area contributed by atoms with Gasteiger partial charge in [0.1, 0.15) is 0 Å². The van der Waals surface area contributed by atoms with Gasteiger partial charge in [0.05, 0.1) is 17.1 Å². The van der Waals surface area contributed by atoms with Crippen LogP contribution in [0.3, 0.4) is 0 Å². The normalized spacial score (nSPS) is 19.0. The highest BCUT2D eigenvalue weighted by Gasteiger charge is 2.27. The second-order valence-electron chi connectivity index (χ2n) is 10.2. The number of hydrogen-bond acceptors (Lipinski definition) is 5. The molecule has 8 heteroatoms. The average Bonchev–Trinajstić information content (AvgIpc) is 3.46. The van der Waals surface area contributed by atoms with E-state index in [0.29, 0.717) is 18.1 Å². The Hall–Kier alpha value is -3.52. The van der Waals surface area contributed by atoms with Crippen molar-refractivity contribution in [2.45, 2.75) is 52.0 Å². The maximum Gasteiger partial charge on any atom is 0.258 e. The first kappa shape index (κ1) is 25.1. The summed E-state index contributed by atoms with van der Waals surface area (Å²) in [7, 11) is 0. The van der Waals surface area contributed by atoms with Crippen LogP contribution in [0.15, 0.2) is 48.7 Å². The summed E-state index contributed by atoms with van der Waals surface area (Å²) in [6, 6.07) is 9.53. The lowest BCUT2D eigenvalue weighted by molar-refractivity contribution is -0.126. The van der Waals surface area contributed by atoms with E-state index < -0.39 is 0 Å². The minimum absolute atomic E-state index is 0.0130. The Labute approximate surface area is 218 Å². The smallest absolute Gasteiger partial charge is 0.258 e. The van der Waals surface area contributed by atoms with Gasteiger partial charge in [0.2, 0.25) is 11.9 Å². The summed E-state index contributed by atoms with van der Waals surface area (Å²) in [6.45, 7) is 8.33. The first-order valence-electron chi connectivity index (χ1n) is 13.4. The molecular weight excluding hydrogens is 464 g/mol. The molecule has 37 heavy (non-hydrogen) atoms. The van der Waals surface area contributed by atoms with Crippen LogP contribution in [-0.2, 0) is 4.79 Å². The third-order valence-corrected chi connectivity index (χ3v) is 7.44. The zero-order chi connectivity index (χ0) is 25.8. The number of para-hydroxylation sites is 1. The SMILES string of the molecule is Cc1cc(C(=O)Nc2nc3cccc(C)c3n2C2CCCCN(C(=O)/C=C/CN3CCCC3)C2)ccn1. The monoisotopic (exact) mass is 500 g/mol. The minimum atomic E-state index is -0.217. The third-order valence-electron chi connectivity index (χ3n) is 7.44. The number of fused-ring (bicyclic) bond motifs is 1. The van der Waals surface area contributed by atoms with Crippen molar-refractivity contribution in [2.75, 3.05) is 38.0 Å². The summed E-state index contributed by atoms with van der Waals surface area (Å²) in [5.41, 5.74) is 4.27. The molecule has 2 aromatic heterocycles. The molecule has 3 aromatic rings. The molecule has 0 radical (unpaired) electrons. The van der Waals surface area contributed by atoms with Crippen molar-refractivity contribution in [3.63, 3.8) is 0 Å². The number of carbonyl (C=O) groups excluding carboxylic acids is 2. The zero-order valence-electron chi connectivity index (χ0n) is 21.8. The van der Waals surface area contributed by atoms with Crippen LogP contribution in [0.4, 0.5) is 5.95 Å². The maximum absolute atomic E-state index is 13.2. The molecule has 0 spiro atoms. The van der Waals surface area contributed by atoms with E-state index in [9.17, 15) is 9.59 Å². The van der Waals surface area contributed by atoms with E-state index in [1.165, 1.54) is 12.8 Å². The van der Waals surface area contributed by atoms with Crippen LogP contribution in [0.1, 0.15) is 59.8 Å². The van der Waals surface area contributed by atoms with E-state index in [1.54, 1.807) is 24.4 Å². The molecule has 1 atom stereocenters. The van der Waals surface area contributed by atoms with E-state index in [1.807, 2.05) is 30.0 Å². The number of nitrogens with zero attached hydrogens (tertiary/aromatic N) is 5. The molecule has 194 valence electrons. The number of imidazole rings is 1. The number of pyridine rings is 1. The summed E-state index contributed by atoms with van der Waals surface area (Å²) in [5, 5.41) is 3.06. The van der Waals surface area contributed by atoms with Gasteiger partial charge in [0.25, 0.3) is 5.91 Å². The van der Waals surface area contributed by atoms with Crippen molar-refractivity contribution in [1.82, 2.24) is 24.3 Å². The average molecular weight is 501 g/mol. The number of hydrogen-bond donors (Lipinski definition) is 1. The van der Waals surface area contributed by atoms with Gasteiger partial charge in [0, 0.05) is 43.2 Å². The molecular formula is C29H36N6O2. The number of nitrogens with one attached hydrogen (secondary N) is 1. The summed E-state index contributed by atoms with van der Waals surface area (Å²) < 4.78 is 2.15. The van der Waals surface area contributed by atoms with Gasteiger partial charge in [0.15, 0.2) is 0 Å². The third kappa shape index (κ3) is 5.74. The van der Waals surface area contributed by atoms with E-state index in [4.69, 9.17) is 4.98 Å². The van der Waals surface area contributed by atoms with Gasteiger partial charge in [-0.05, 0) is 82.8 Å². The van der Waals surface area contributed by atoms with Crippen molar-refractivity contribution in [3.05, 3.63) is 65.5 Å². The standard InChI is InChI=1S/C29H36N6O2/c1-21-9-7-11-25-27(21)35(29(31-25)32-28(37)23-13-14-30-22(2)19-23)24-10-3-4-18-34(20-24)26(36)12-8-17-33-15-5-6-16-33/h7-9,11-14,19,24H,3-6,10,15-18,20H2,1-2H3,(H,31,32,37)/b12-8+. The van der Waals surface area contributed by atoms with Crippen LogP contribution in [0.2, 0.25) is 0 Å². The van der Waals surface area contributed by atoms with Gasteiger partial charge in [-0.1, -0.05) is 18.2 Å². The summed E-state index contributed by atoms with van der Waals surface area (Å²) in [6.07, 6.45) is 10.8. The maximum atomic E-state index is 13.2. The van der Waals surface area contributed by atoms with Gasteiger partial charge in [-0.15, -0.1) is 0 Å². The molecule has 2 saturated heterocycles. The molecule has 0 saturated carbocycles. The molecule has 0 bridgehead atoms. The first-order chi connectivity index (χ1) is 18.0. The van der Waals surface area contributed by atoms with E-state index in [0.717, 1.165) is 67.7 Å². The molecule has 1 unspecified atom stereocenters. The fraction of sp³-hybridized carbons (Fsp3) is 0.448. The van der Waals surface area contributed by atoms with Crippen molar-refractivity contribution in [2.24, 2.45) is 0 Å². The fourth-order valence-electron chi connectivity index (χ4n) is 5.53. The van der Waals surface area contributed by atoms with Crippen LogP contribution in [0.5, 0.6) is 0 Å². The van der Waals surface area contributed by atoms with Crippen LogP contribution in [0, 0.1) is 13.8 Å². The zero-order valence-corrected chi connectivity index (χ0v) is 21.8. The van der Waals surface area contributed by atoms with Gasteiger partial charge in [-0.25, -0.2) is 4.98 Å². The van der Waals surface area contributed by atoms with Crippen molar-refractivity contribution in [1.29, 1.82) is 0 Å². The highest BCUT2D eigenvalue weighted by Crippen LogP contribution is 2.32. The molecule has 5 rings (SSSR count). The summed E-state index contributed by atoms with van der Waals surface area (Å²) in [4.78, 5) is 39.7. The van der Waals surface area contributed by atoms with E-state index in [2.05, 4.69) is 32.8 Å². The minimum Gasteiger partial charge on any atom is -0.337 e. The number of amides is 2. The quantitative estimate of drug-likeness (QED) is 0.504. The topological polar surface area (TPSA) is 83.4 Å². The lowest BCUT2D eigenvalue weighted by Crippen LogP contribution is -2.35. The highest BCUT2D eigenvalue weighted by atomic mass is 16.2.